The molecule has 1 aromatic rings. The number of carbonyl (C=O) groups is 1. The number of likely N-dealkylation sites (N-methyl/N-ethyl adjacent to an activating group) is 1. The van der Waals surface area contributed by atoms with E-state index in [1.165, 1.54) is 25.3 Å². The number of methoxy groups -OCH3 is 1. The summed E-state index contributed by atoms with van der Waals surface area (Å²) in [7, 11) is 3.06. The van der Waals surface area contributed by atoms with E-state index in [9.17, 15) is 9.18 Å². The van der Waals surface area contributed by atoms with Crippen molar-refractivity contribution in [2.75, 3.05) is 20.7 Å². The van der Waals surface area contributed by atoms with Crippen LogP contribution in [0.4, 0.5) is 4.39 Å². The SMILES string of the molecule is COC(=O)CN(C)Cc1cc(F)ccc1Cl. The summed E-state index contributed by atoms with van der Waals surface area (Å²) in [5.41, 5.74) is 0.646. The first-order valence-electron chi connectivity index (χ1n) is 4.72. The fourth-order valence-corrected chi connectivity index (χ4v) is 1.47. The lowest BCUT2D eigenvalue weighted by Crippen LogP contribution is -2.26. The second-order valence-electron chi connectivity index (χ2n) is 3.48. The van der Waals surface area contributed by atoms with Crippen molar-refractivity contribution in [3.05, 3.63) is 34.6 Å². The van der Waals surface area contributed by atoms with Gasteiger partial charge >= 0.3 is 5.97 Å². The summed E-state index contributed by atoms with van der Waals surface area (Å²) in [6, 6.07) is 4.15. The van der Waals surface area contributed by atoms with E-state index in [1.54, 1.807) is 11.9 Å². The summed E-state index contributed by atoms with van der Waals surface area (Å²) >= 11 is 5.90. The average molecular weight is 246 g/mol. The van der Waals surface area contributed by atoms with Crippen LogP contribution in [0.15, 0.2) is 18.2 Å². The predicted octanol–water partition coefficient (Wildman–Crippen LogP) is 2.08. The number of ether oxygens (including phenoxy) is 1. The molecule has 3 nitrogen and oxygen atoms in total. The van der Waals surface area contributed by atoms with Gasteiger partial charge in [-0.2, -0.15) is 0 Å². The Morgan fingerprint density at radius 1 is 1.56 bits per heavy atom. The normalized spacial score (nSPS) is 10.6. The lowest BCUT2D eigenvalue weighted by atomic mass is 10.2. The van der Waals surface area contributed by atoms with Crippen LogP contribution in [-0.2, 0) is 16.1 Å². The fraction of sp³-hybridized carbons (Fsp3) is 0.364. The Morgan fingerprint density at radius 3 is 2.88 bits per heavy atom. The summed E-state index contributed by atoms with van der Waals surface area (Å²) in [6.07, 6.45) is 0. The Kier molecular flexibility index (Phi) is 4.71. The molecular weight excluding hydrogens is 233 g/mol. The number of nitrogens with zero attached hydrogens (tertiary/aromatic N) is 1. The zero-order valence-electron chi connectivity index (χ0n) is 9.17. The summed E-state index contributed by atoms with van der Waals surface area (Å²) < 4.78 is 17.5. The van der Waals surface area contributed by atoms with Gasteiger partial charge in [0, 0.05) is 11.6 Å². The van der Waals surface area contributed by atoms with Crippen molar-refractivity contribution < 1.29 is 13.9 Å². The van der Waals surface area contributed by atoms with E-state index in [2.05, 4.69) is 4.74 Å². The highest BCUT2D eigenvalue weighted by Gasteiger charge is 2.09. The Hall–Kier alpha value is -1.13. The minimum absolute atomic E-state index is 0.142. The summed E-state index contributed by atoms with van der Waals surface area (Å²) in [4.78, 5) is 12.7. The summed E-state index contributed by atoms with van der Waals surface area (Å²) in [5, 5.41) is 0.484. The molecule has 88 valence electrons. The smallest absolute Gasteiger partial charge is 0.319 e. The van der Waals surface area contributed by atoms with Crippen LogP contribution in [0.5, 0.6) is 0 Å². The van der Waals surface area contributed by atoms with Gasteiger partial charge < -0.3 is 4.74 Å². The number of halogens is 2. The van der Waals surface area contributed by atoms with Crippen LogP contribution < -0.4 is 0 Å². The summed E-state index contributed by atoms with van der Waals surface area (Å²) in [6.45, 7) is 0.537. The zero-order chi connectivity index (χ0) is 12.1. The van der Waals surface area contributed by atoms with Gasteiger partial charge in [0.05, 0.1) is 13.7 Å². The van der Waals surface area contributed by atoms with E-state index < -0.39 is 0 Å². The van der Waals surface area contributed by atoms with Crippen molar-refractivity contribution in [2.24, 2.45) is 0 Å². The van der Waals surface area contributed by atoms with Crippen molar-refractivity contribution >= 4 is 17.6 Å². The Morgan fingerprint density at radius 2 is 2.25 bits per heavy atom. The first-order chi connectivity index (χ1) is 7.52. The lowest BCUT2D eigenvalue weighted by molar-refractivity contribution is -0.141. The Bertz CT molecular complexity index is 384. The van der Waals surface area contributed by atoms with Gasteiger partial charge in [0.2, 0.25) is 0 Å². The fourth-order valence-electron chi connectivity index (χ4n) is 1.30. The number of benzene rings is 1. The number of rotatable bonds is 4. The maximum atomic E-state index is 13.0. The molecule has 0 bridgehead atoms. The molecule has 0 saturated carbocycles. The number of carbonyl (C=O) groups excluding carboxylic acids is 1. The highest BCUT2D eigenvalue weighted by Crippen LogP contribution is 2.18. The minimum Gasteiger partial charge on any atom is -0.468 e. The molecule has 0 radical (unpaired) electrons. The first kappa shape index (κ1) is 12.9. The zero-order valence-corrected chi connectivity index (χ0v) is 9.92. The molecule has 0 spiro atoms. The van der Waals surface area contributed by atoms with Gasteiger partial charge in [0.15, 0.2) is 0 Å². The van der Waals surface area contributed by atoms with Crippen molar-refractivity contribution in [3.8, 4) is 0 Å². The Balaban J connectivity index is 2.65. The molecule has 0 saturated heterocycles. The van der Waals surface area contributed by atoms with Crippen molar-refractivity contribution in [3.63, 3.8) is 0 Å². The Labute approximate surface area is 98.8 Å². The quantitative estimate of drug-likeness (QED) is 0.761. The molecule has 0 aliphatic rings. The third kappa shape index (κ3) is 3.79. The largest absolute Gasteiger partial charge is 0.468 e. The average Bonchev–Trinajstić information content (AvgIpc) is 2.23. The van der Waals surface area contributed by atoms with E-state index in [-0.39, 0.29) is 18.3 Å². The van der Waals surface area contributed by atoms with Gasteiger partial charge in [-0.15, -0.1) is 0 Å². The van der Waals surface area contributed by atoms with Crippen LogP contribution in [0.3, 0.4) is 0 Å². The van der Waals surface area contributed by atoms with Crippen LogP contribution >= 0.6 is 11.6 Å². The van der Waals surface area contributed by atoms with Crippen molar-refractivity contribution in [1.82, 2.24) is 4.90 Å². The van der Waals surface area contributed by atoms with Gasteiger partial charge in [0.25, 0.3) is 0 Å². The van der Waals surface area contributed by atoms with Crippen LogP contribution in [-0.4, -0.2) is 31.6 Å². The molecule has 0 aliphatic heterocycles. The molecule has 0 amide bonds. The molecular formula is C11H13ClFNO2. The van der Waals surface area contributed by atoms with Crippen LogP contribution in [0.1, 0.15) is 5.56 Å². The first-order valence-corrected chi connectivity index (χ1v) is 5.10. The third-order valence-electron chi connectivity index (χ3n) is 2.07. The predicted molar refractivity (Wildman–Crippen MR) is 59.8 cm³/mol. The molecule has 0 aliphatic carbocycles. The molecule has 0 atom stereocenters. The molecule has 0 heterocycles. The lowest BCUT2D eigenvalue weighted by Gasteiger charge is -2.15. The molecule has 0 unspecified atom stereocenters. The molecule has 0 aromatic heterocycles. The van der Waals surface area contributed by atoms with Gasteiger partial charge in [0.1, 0.15) is 5.82 Å². The number of hydrogen-bond donors (Lipinski definition) is 0. The standard InChI is InChI=1S/C11H13ClFNO2/c1-14(7-11(15)16-2)6-8-5-9(13)3-4-10(8)12/h3-5H,6-7H2,1-2H3. The van der Waals surface area contributed by atoms with Crippen molar-refractivity contribution in [1.29, 1.82) is 0 Å². The number of hydrogen-bond acceptors (Lipinski definition) is 3. The molecule has 1 rings (SSSR count). The highest BCUT2D eigenvalue weighted by atomic mass is 35.5. The maximum absolute atomic E-state index is 13.0. The van der Waals surface area contributed by atoms with E-state index in [1.807, 2.05) is 0 Å². The molecule has 5 heteroatoms. The molecule has 16 heavy (non-hydrogen) atoms. The third-order valence-corrected chi connectivity index (χ3v) is 2.44. The second-order valence-corrected chi connectivity index (χ2v) is 3.89. The van der Waals surface area contributed by atoms with Crippen molar-refractivity contribution in [2.45, 2.75) is 6.54 Å². The number of esters is 1. The second kappa shape index (κ2) is 5.82. The van der Waals surface area contributed by atoms with Gasteiger partial charge in [-0.05, 0) is 30.8 Å². The van der Waals surface area contributed by atoms with E-state index in [0.717, 1.165) is 0 Å². The molecule has 0 N–H and O–H groups in total. The van der Waals surface area contributed by atoms with E-state index in [0.29, 0.717) is 17.1 Å². The van der Waals surface area contributed by atoms with Gasteiger partial charge in [-0.1, -0.05) is 11.6 Å². The highest BCUT2D eigenvalue weighted by molar-refractivity contribution is 6.31. The van der Waals surface area contributed by atoms with Crippen LogP contribution in [0, 0.1) is 5.82 Å². The van der Waals surface area contributed by atoms with Crippen LogP contribution in [0.2, 0.25) is 5.02 Å². The summed E-state index contributed by atoms with van der Waals surface area (Å²) in [5.74, 6) is -0.680. The van der Waals surface area contributed by atoms with Gasteiger partial charge in [-0.3, -0.25) is 9.69 Å². The minimum atomic E-state index is -0.342. The molecule has 1 aromatic carbocycles. The van der Waals surface area contributed by atoms with Crippen LogP contribution in [0.25, 0.3) is 0 Å². The van der Waals surface area contributed by atoms with E-state index >= 15 is 0 Å². The van der Waals surface area contributed by atoms with Gasteiger partial charge in [-0.25, -0.2) is 4.39 Å². The maximum Gasteiger partial charge on any atom is 0.319 e. The molecule has 0 fully saturated rings. The topological polar surface area (TPSA) is 29.5 Å². The van der Waals surface area contributed by atoms with E-state index in [4.69, 9.17) is 11.6 Å². The monoisotopic (exact) mass is 245 g/mol.